The Kier molecular flexibility index (Phi) is 5.10. The van der Waals surface area contributed by atoms with Gasteiger partial charge in [0, 0.05) is 30.4 Å². The Bertz CT molecular complexity index is 952. The number of amides is 1. The number of halogens is 4. The minimum atomic E-state index is -4.69. The maximum atomic E-state index is 12.9. The van der Waals surface area contributed by atoms with Crippen molar-refractivity contribution in [2.75, 3.05) is 11.4 Å². The highest BCUT2D eigenvalue weighted by molar-refractivity contribution is 6.30. The first kappa shape index (κ1) is 19.2. The number of aromatic nitrogens is 1. The third-order valence-corrected chi connectivity index (χ3v) is 4.53. The quantitative estimate of drug-likeness (QED) is 0.740. The van der Waals surface area contributed by atoms with E-state index >= 15 is 0 Å². The van der Waals surface area contributed by atoms with E-state index in [1.165, 1.54) is 12.1 Å². The summed E-state index contributed by atoms with van der Waals surface area (Å²) in [4.78, 5) is 37.7. The van der Waals surface area contributed by atoms with E-state index in [2.05, 4.69) is 0 Å². The Morgan fingerprint density at radius 1 is 1.15 bits per heavy atom. The molecule has 0 radical (unpaired) electrons. The van der Waals surface area contributed by atoms with E-state index in [-0.39, 0.29) is 11.5 Å². The summed E-state index contributed by atoms with van der Waals surface area (Å²) in [6, 6.07) is 6.68. The van der Waals surface area contributed by atoms with Crippen LogP contribution in [0.4, 0.5) is 18.9 Å². The van der Waals surface area contributed by atoms with Gasteiger partial charge in [0.25, 0.3) is 5.56 Å². The Morgan fingerprint density at radius 3 is 2.37 bits per heavy atom. The number of pyridine rings is 1. The van der Waals surface area contributed by atoms with E-state index in [9.17, 15) is 27.6 Å². The van der Waals surface area contributed by atoms with Crippen molar-refractivity contribution in [2.45, 2.75) is 25.6 Å². The van der Waals surface area contributed by atoms with Gasteiger partial charge >= 0.3 is 6.18 Å². The lowest BCUT2D eigenvalue weighted by Gasteiger charge is -2.16. The van der Waals surface area contributed by atoms with Crippen LogP contribution in [0.25, 0.3) is 0 Å². The Morgan fingerprint density at radius 2 is 1.81 bits per heavy atom. The number of anilines is 1. The highest BCUT2D eigenvalue weighted by Gasteiger charge is 2.32. The zero-order valence-corrected chi connectivity index (χ0v) is 14.7. The van der Waals surface area contributed by atoms with Gasteiger partial charge in [-0.3, -0.25) is 14.4 Å². The van der Waals surface area contributed by atoms with Gasteiger partial charge in [-0.25, -0.2) is 0 Å². The molecule has 142 valence electrons. The minimum Gasteiger partial charge on any atom is -0.312 e. The smallest absolute Gasteiger partial charge is 0.312 e. The number of benzene rings is 1. The largest absolute Gasteiger partial charge is 0.417 e. The van der Waals surface area contributed by atoms with Crippen molar-refractivity contribution in [3.63, 3.8) is 0 Å². The molecule has 1 saturated heterocycles. The van der Waals surface area contributed by atoms with Crippen LogP contribution in [0, 0.1) is 0 Å². The molecule has 1 aromatic heterocycles. The highest BCUT2D eigenvalue weighted by atomic mass is 35.5. The average Bonchev–Trinajstić information content (AvgIpc) is 3.04. The molecule has 1 aliphatic heterocycles. The van der Waals surface area contributed by atoms with Gasteiger partial charge in [-0.2, -0.15) is 13.2 Å². The lowest BCUT2D eigenvalue weighted by atomic mass is 10.1. The zero-order chi connectivity index (χ0) is 19.8. The topological polar surface area (TPSA) is 59.4 Å². The summed E-state index contributed by atoms with van der Waals surface area (Å²) in [5.41, 5.74) is -1.13. The number of nitrogens with zero attached hydrogens (tertiary/aromatic N) is 2. The molecule has 1 fully saturated rings. The summed E-state index contributed by atoms with van der Waals surface area (Å²) in [7, 11) is 0. The van der Waals surface area contributed by atoms with Gasteiger partial charge < -0.3 is 9.47 Å². The van der Waals surface area contributed by atoms with Crippen LogP contribution in [-0.2, 0) is 17.5 Å². The third kappa shape index (κ3) is 4.05. The fraction of sp³-hybridized carbons (Fsp3) is 0.278. The molecule has 2 aromatic rings. The van der Waals surface area contributed by atoms with Crippen molar-refractivity contribution >= 4 is 29.0 Å². The maximum absolute atomic E-state index is 12.9. The zero-order valence-electron chi connectivity index (χ0n) is 13.9. The molecule has 3 rings (SSSR count). The molecule has 0 atom stereocenters. The second-order valence-electron chi connectivity index (χ2n) is 6.13. The predicted molar refractivity (Wildman–Crippen MR) is 93.1 cm³/mol. The first-order chi connectivity index (χ1) is 12.7. The summed E-state index contributed by atoms with van der Waals surface area (Å²) < 4.78 is 39.3. The normalized spacial score (nSPS) is 14.7. The number of alkyl halides is 3. The van der Waals surface area contributed by atoms with E-state index < -0.39 is 34.6 Å². The lowest BCUT2D eigenvalue weighted by molar-refractivity contribution is -0.138. The molecule has 1 aliphatic rings. The summed E-state index contributed by atoms with van der Waals surface area (Å²) in [5, 5.41) is -0.611. The van der Waals surface area contributed by atoms with Crippen molar-refractivity contribution in [1.29, 1.82) is 0 Å². The summed E-state index contributed by atoms with van der Waals surface area (Å²) >= 11 is 5.58. The average molecular weight is 399 g/mol. The second-order valence-corrected chi connectivity index (χ2v) is 6.53. The van der Waals surface area contributed by atoms with E-state index in [1.54, 1.807) is 17.0 Å². The summed E-state index contributed by atoms with van der Waals surface area (Å²) in [6.07, 6.45) is -2.88. The van der Waals surface area contributed by atoms with Gasteiger partial charge in [0.15, 0.2) is 5.78 Å². The number of rotatable bonds is 4. The fourth-order valence-electron chi connectivity index (χ4n) is 2.87. The molecular weight excluding hydrogens is 385 g/mol. The van der Waals surface area contributed by atoms with Crippen molar-refractivity contribution < 1.29 is 22.8 Å². The van der Waals surface area contributed by atoms with Crippen molar-refractivity contribution in [2.24, 2.45) is 0 Å². The SMILES string of the molecule is O=C(Cn1cc(C(F)(F)F)cc(Cl)c1=O)c1ccc(N2CCCC2=O)cc1. The van der Waals surface area contributed by atoms with E-state index in [0.717, 1.165) is 6.42 Å². The van der Waals surface area contributed by atoms with Gasteiger partial charge in [-0.05, 0) is 36.8 Å². The van der Waals surface area contributed by atoms with Crippen molar-refractivity contribution in [1.82, 2.24) is 4.57 Å². The molecule has 0 spiro atoms. The molecule has 0 aliphatic carbocycles. The number of carbonyl (C=O) groups is 2. The number of hydrogen-bond acceptors (Lipinski definition) is 3. The molecule has 1 aromatic carbocycles. The first-order valence-electron chi connectivity index (χ1n) is 8.07. The second kappa shape index (κ2) is 7.19. The molecule has 2 heterocycles. The van der Waals surface area contributed by atoms with Crippen LogP contribution in [0.5, 0.6) is 0 Å². The van der Waals surface area contributed by atoms with Crippen molar-refractivity contribution in [3.05, 3.63) is 63.0 Å². The molecule has 0 unspecified atom stereocenters. The molecule has 0 N–H and O–H groups in total. The van der Waals surface area contributed by atoms with Crippen LogP contribution >= 0.6 is 11.6 Å². The van der Waals surface area contributed by atoms with E-state index in [4.69, 9.17) is 11.6 Å². The third-order valence-electron chi connectivity index (χ3n) is 4.26. The van der Waals surface area contributed by atoms with Crippen LogP contribution < -0.4 is 10.5 Å². The number of hydrogen-bond donors (Lipinski definition) is 0. The molecule has 27 heavy (non-hydrogen) atoms. The number of ketones is 1. The number of Topliss-reactive ketones (excluding diaryl/α,β-unsaturated/α-hetero) is 1. The summed E-state index contributed by atoms with van der Waals surface area (Å²) in [6.45, 7) is 0.0225. The van der Waals surface area contributed by atoms with Gasteiger partial charge in [0.1, 0.15) is 5.02 Å². The standard InChI is InChI=1S/C18H14ClF3N2O3/c19-14-8-12(18(20,21)22)9-23(17(14)27)10-15(25)11-3-5-13(6-4-11)24-7-1-2-16(24)26/h3-6,8-9H,1-2,7,10H2. The maximum Gasteiger partial charge on any atom is 0.417 e. The molecule has 0 saturated carbocycles. The van der Waals surface area contributed by atoms with Gasteiger partial charge in [-0.15, -0.1) is 0 Å². The first-order valence-corrected chi connectivity index (χ1v) is 8.45. The number of carbonyl (C=O) groups excluding carboxylic acids is 2. The fourth-order valence-corrected chi connectivity index (χ4v) is 3.09. The Hall–Kier alpha value is -2.61. The molecule has 9 heteroatoms. The lowest BCUT2D eigenvalue weighted by Crippen LogP contribution is -2.26. The monoisotopic (exact) mass is 398 g/mol. The van der Waals surface area contributed by atoms with E-state index in [0.29, 0.717) is 35.5 Å². The summed E-state index contributed by atoms with van der Waals surface area (Å²) in [5.74, 6) is -0.550. The van der Waals surface area contributed by atoms with Crippen LogP contribution in [0.3, 0.4) is 0 Å². The van der Waals surface area contributed by atoms with Crippen LogP contribution in [0.15, 0.2) is 41.3 Å². The highest BCUT2D eigenvalue weighted by Crippen LogP contribution is 2.29. The predicted octanol–water partition coefficient (Wildman–Crippen LogP) is 3.53. The minimum absolute atomic E-state index is 0.000707. The molecule has 5 nitrogen and oxygen atoms in total. The van der Waals surface area contributed by atoms with Gasteiger partial charge in [0.2, 0.25) is 5.91 Å². The molecule has 1 amide bonds. The van der Waals surface area contributed by atoms with Crippen LogP contribution in [0.2, 0.25) is 5.02 Å². The van der Waals surface area contributed by atoms with Gasteiger partial charge in [-0.1, -0.05) is 11.6 Å². The van der Waals surface area contributed by atoms with Crippen molar-refractivity contribution in [3.8, 4) is 0 Å². The Labute approximate surface area is 157 Å². The van der Waals surface area contributed by atoms with Crippen LogP contribution in [0.1, 0.15) is 28.8 Å². The van der Waals surface area contributed by atoms with Crippen LogP contribution in [-0.4, -0.2) is 22.8 Å². The molecular formula is C18H14ClF3N2O3. The Balaban J connectivity index is 1.82. The molecule has 0 bridgehead atoms. The van der Waals surface area contributed by atoms with E-state index in [1.807, 2.05) is 0 Å². The van der Waals surface area contributed by atoms with Gasteiger partial charge in [0.05, 0.1) is 12.1 Å².